The van der Waals surface area contributed by atoms with Crippen molar-refractivity contribution in [3.63, 3.8) is 0 Å². The third-order valence-corrected chi connectivity index (χ3v) is 2.57. The summed E-state index contributed by atoms with van der Waals surface area (Å²) < 4.78 is 5.78. The maximum atomic E-state index is 11.9. The van der Waals surface area contributed by atoms with E-state index in [9.17, 15) is 4.79 Å². The second-order valence-corrected chi connectivity index (χ2v) is 5.00. The molecular formula is C15H23NO2. The summed E-state index contributed by atoms with van der Waals surface area (Å²) >= 11 is 0. The van der Waals surface area contributed by atoms with Crippen LogP contribution in [0.4, 0.5) is 0 Å². The Bertz CT molecular complexity index is 393. The summed E-state index contributed by atoms with van der Waals surface area (Å²) in [5.74, 6) is 0.713. The number of nitrogens with one attached hydrogen (secondary N) is 1. The van der Waals surface area contributed by atoms with Gasteiger partial charge >= 0.3 is 0 Å². The van der Waals surface area contributed by atoms with Gasteiger partial charge in [-0.15, -0.1) is 0 Å². The lowest BCUT2D eigenvalue weighted by Gasteiger charge is -2.19. The summed E-state index contributed by atoms with van der Waals surface area (Å²) in [7, 11) is 0. The van der Waals surface area contributed by atoms with Crippen molar-refractivity contribution >= 4 is 5.91 Å². The largest absolute Gasteiger partial charge is 0.481 e. The lowest BCUT2D eigenvalue weighted by Crippen LogP contribution is -2.41. The van der Waals surface area contributed by atoms with Crippen molar-refractivity contribution in [2.75, 3.05) is 0 Å². The van der Waals surface area contributed by atoms with Crippen LogP contribution in [0.1, 0.15) is 38.3 Å². The number of hydrogen-bond donors (Lipinski definition) is 1. The van der Waals surface area contributed by atoms with Gasteiger partial charge in [-0.1, -0.05) is 13.0 Å². The van der Waals surface area contributed by atoms with Gasteiger partial charge in [-0.05, 0) is 57.4 Å². The second kappa shape index (κ2) is 6.43. The van der Waals surface area contributed by atoms with Crippen LogP contribution >= 0.6 is 0 Å². The smallest absolute Gasteiger partial charge is 0.261 e. The lowest BCUT2D eigenvalue weighted by atomic mass is 10.1. The van der Waals surface area contributed by atoms with Gasteiger partial charge in [0.15, 0.2) is 6.10 Å². The Kier molecular flexibility index (Phi) is 5.20. The molecule has 0 aliphatic carbocycles. The van der Waals surface area contributed by atoms with Crippen LogP contribution in [0.5, 0.6) is 5.75 Å². The number of amides is 1. The van der Waals surface area contributed by atoms with Crippen LogP contribution in [0.3, 0.4) is 0 Å². The standard InChI is InChI=1S/C15H23NO2/c1-6-14(15(17)16-10(2)3)18-13-8-11(4)7-12(5)9-13/h7-10,14H,6H2,1-5H3,(H,16,17). The molecule has 0 bridgehead atoms. The Hall–Kier alpha value is -1.51. The molecule has 0 aliphatic heterocycles. The van der Waals surface area contributed by atoms with E-state index in [2.05, 4.69) is 11.4 Å². The predicted octanol–water partition coefficient (Wildman–Crippen LogP) is 2.99. The fourth-order valence-electron chi connectivity index (χ4n) is 1.86. The second-order valence-electron chi connectivity index (χ2n) is 5.00. The Balaban J connectivity index is 2.76. The minimum atomic E-state index is -0.423. The minimum Gasteiger partial charge on any atom is -0.481 e. The van der Waals surface area contributed by atoms with Crippen LogP contribution in [0.2, 0.25) is 0 Å². The Morgan fingerprint density at radius 2 is 1.78 bits per heavy atom. The van der Waals surface area contributed by atoms with Gasteiger partial charge in [-0.3, -0.25) is 4.79 Å². The van der Waals surface area contributed by atoms with Gasteiger partial charge in [0.25, 0.3) is 5.91 Å². The van der Waals surface area contributed by atoms with Crippen molar-refractivity contribution in [3.05, 3.63) is 29.3 Å². The van der Waals surface area contributed by atoms with E-state index in [1.165, 1.54) is 0 Å². The first-order chi connectivity index (χ1) is 8.42. The highest BCUT2D eigenvalue weighted by molar-refractivity contribution is 5.81. The van der Waals surface area contributed by atoms with Crippen LogP contribution in [0.25, 0.3) is 0 Å². The molecule has 1 N–H and O–H groups in total. The average Bonchev–Trinajstić information content (AvgIpc) is 2.23. The quantitative estimate of drug-likeness (QED) is 0.871. The summed E-state index contributed by atoms with van der Waals surface area (Å²) in [5, 5.41) is 2.88. The van der Waals surface area contributed by atoms with Gasteiger partial charge in [-0.2, -0.15) is 0 Å². The highest BCUT2D eigenvalue weighted by Gasteiger charge is 2.18. The van der Waals surface area contributed by atoms with Gasteiger partial charge in [0.05, 0.1) is 0 Å². The molecule has 0 saturated carbocycles. The number of hydrogen-bond acceptors (Lipinski definition) is 2. The van der Waals surface area contributed by atoms with Crippen molar-refractivity contribution < 1.29 is 9.53 Å². The van der Waals surface area contributed by atoms with E-state index in [-0.39, 0.29) is 11.9 Å². The number of aryl methyl sites for hydroxylation is 2. The number of carbonyl (C=O) groups excluding carboxylic acids is 1. The molecule has 3 heteroatoms. The molecule has 0 radical (unpaired) electrons. The van der Waals surface area contributed by atoms with E-state index in [1.807, 2.05) is 46.8 Å². The first-order valence-corrected chi connectivity index (χ1v) is 6.47. The molecule has 0 fully saturated rings. The molecular weight excluding hydrogens is 226 g/mol. The molecule has 0 aliphatic rings. The SMILES string of the molecule is CCC(Oc1cc(C)cc(C)c1)C(=O)NC(C)C. The molecule has 1 unspecified atom stereocenters. The molecule has 0 saturated heterocycles. The van der Waals surface area contributed by atoms with E-state index in [1.54, 1.807) is 0 Å². The monoisotopic (exact) mass is 249 g/mol. The summed E-state index contributed by atoms with van der Waals surface area (Å²) in [4.78, 5) is 11.9. The Morgan fingerprint density at radius 1 is 1.22 bits per heavy atom. The fraction of sp³-hybridized carbons (Fsp3) is 0.533. The molecule has 18 heavy (non-hydrogen) atoms. The number of benzene rings is 1. The molecule has 0 heterocycles. The highest BCUT2D eigenvalue weighted by Crippen LogP contribution is 2.18. The zero-order valence-electron chi connectivity index (χ0n) is 11.9. The van der Waals surface area contributed by atoms with E-state index in [4.69, 9.17) is 4.74 Å². The molecule has 1 rings (SSSR count). The van der Waals surface area contributed by atoms with Crippen molar-refractivity contribution in [1.29, 1.82) is 0 Å². The zero-order valence-corrected chi connectivity index (χ0v) is 11.9. The van der Waals surface area contributed by atoms with Crippen molar-refractivity contribution in [3.8, 4) is 5.75 Å². The maximum absolute atomic E-state index is 11.9. The van der Waals surface area contributed by atoms with Gasteiger partial charge in [0.2, 0.25) is 0 Å². The summed E-state index contributed by atoms with van der Waals surface area (Å²) in [6.07, 6.45) is 0.236. The minimum absolute atomic E-state index is 0.0494. The Morgan fingerprint density at radius 3 is 2.22 bits per heavy atom. The molecule has 0 aromatic heterocycles. The van der Waals surface area contributed by atoms with Crippen molar-refractivity contribution in [1.82, 2.24) is 5.32 Å². The van der Waals surface area contributed by atoms with E-state index in [0.29, 0.717) is 6.42 Å². The van der Waals surface area contributed by atoms with Crippen LogP contribution in [0.15, 0.2) is 18.2 Å². The number of carbonyl (C=O) groups is 1. The first kappa shape index (κ1) is 14.6. The van der Waals surface area contributed by atoms with Crippen LogP contribution in [0, 0.1) is 13.8 Å². The van der Waals surface area contributed by atoms with Crippen molar-refractivity contribution in [2.24, 2.45) is 0 Å². The van der Waals surface area contributed by atoms with E-state index < -0.39 is 6.10 Å². The molecule has 100 valence electrons. The third-order valence-electron chi connectivity index (χ3n) is 2.57. The summed E-state index contributed by atoms with van der Waals surface area (Å²) in [6.45, 7) is 9.89. The van der Waals surface area contributed by atoms with E-state index in [0.717, 1.165) is 16.9 Å². The van der Waals surface area contributed by atoms with E-state index >= 15 is 0 Å². The summed E-state index contributed by atoms with van der Waals surface area (Å²) in [6, 6.07) is 6.13. The zero-order chi connectivity index (χ0) is 13.7. The molecule has 1 aromatic rings. The molecule has 1 aromatic carbocycles. The van der Waals surface area contributed by atoms with Gasteiger partial charge in [0.1, 0.15) is 5.75 Å². The number of ether oxygens (including phenoxy) is 1. The fourth-order valence-corrected chi connectivity index (χ4v) is 1.86. The lowest BCUT2D eigenvalue weighted by molar-refractivity contribution is -0.128. The van der Waals surface area contributed by atoms with Crippen LogP contribution in [-0.4, -0.2) is 18.1 Å². The molecule has 3 nitrogen and oxygen atoms in total. The van der Waals surface area contributed by atoms with Crippen LogP contribution in [-0.2, 0) is 4.79 Å². The molecule has 1 amide bonds. The highest BCUT2D eigenvalue weighted by atomic mass is 16.5. The molecule has 0 spiro atoms. The maximum Gasteiger partial charge on any atom is 0.261 e. The normalized spacial score (nSPS) is 12.3. The van der Waals surface area contributed by atoms with Gasteiger partial charge in [-0.25, -0.2) is 0 Å². The number of rotatable bonds is 5. The van der Waals surface area contributed by atoms with Gasteiger partial charge in [0, 0.05) is 6.04 Å². The Labute approximate surface area is 110 Å². The molecule has 1 atom stereocenters. The van der Waals surface area contributed by atoms with Gasteiger partial charge < -0.3 is 10.1 Å². The predicted molar refractivity (Wildman–Crippen MR) is 73.9 cm³/mol. The van der Waals surface area contributed by atoms with Crippen LogP contribution < -0.4 is 10.1 Å². The summed E-state index contributed by atoms with van der Waals surface area (Å²) in [5.41, 5.74) is 2.29. The van der Waals surface area contributed by atoms with Crippen molar-refractivity contribution in [2.45, 2.75) is 53.2 Å². The average molecular weight is 249 g/mol. The third kappa shape index (κ3) is 4.40. The topological polar surface area (TPSA) is 38.3 Å². The first-order valence-electron chi connectivity index (χ1n) is 6.47.